The Kier molecular flexibility index (Phi) is 22.5. The largest absolute Gasteiger partial charge is 0.489 e. The Bertz CT molecular complexity index is 2990. The van der Waals surface area contributed by atoms with Crippen LogP contribution >= 0.6 is 11.6 Å². The van der Waals surface area contributed by atoms with Crippen molar-refractivity contribution < 1.29 is 61.7 Å². The molecule has 1 unspecified atom stereocenters. The van der Waals surface area contributed by atoms with E-state index in [-0.39, 0.29) is 55.7 Å². The molecule has 1 aliphatic rings. The predicted molar refractivity (Wildman–Crippen MR) is 312 cm³/mol. The summed E-state index contributed by atoms with van der Waals surface area (Å²) in [6, 6.07) is 32.1. The van der Waals surface area contributed by atoms with Crippen molar-refractivity contribution in [1.29, 1.82) is 0 Å². The highest BCUT2D eigenvalue weighted by Crippen LogP contribution is 2.38. The van der Waals surface area contributed by atoms with Crippen molar-refractivity contribution in [3.05, 3.63) is 160 Å². The van der Waals surface area contributed by atoms with Crippen LogP contribution in [-0.2, 0) is 75.2 Å². The summed E-state index contributed by atoms with van der Waals surface area (Å²) >= 11 is 6.94. The summed E-state index contributed by atoms with van der Waals surface area (Å²) in [4.78, 5) is 98.7. The van der Waals surface area contributed by atoms with E-state index in [1.807, 2.05) is 113 Å². The van der Waals surface area contributed by atoms with E-state index in [0.29, 0.717) is 33.6 Å². The molecule has 0 saturated carbocycles. The van der Waals surface area contributed by atoms with E-state index in [2.05, 4.69) is 31.9 Å². The molecule has 4 bridgehead atoms. The van der Waals surface area contributed by atoms with E-state index in [1.165, 1.54) is 0 Å². The summed E-state index contributed by atoms with van der Waals surface area (Å²) in [5, 5.41) is 16.2. The number of rotatable bonds is 19. The molecule has 82 heavy (non-hydrogen) atoms. The van der Waals surface area contributed by atoms with E-state index in [4.69, 9.17) is 39.7 Å². The summed E-state index contributed by atoms with van der Waals surface area (Å²) in [6.07, 6.45) is -4.32. The average Bonchev–Trinajstić information content (AvgIpc) is 3.48. The number of alkyl carbamates (subject to hydrolysis) is 3. The molecule has 5 aromatic rings. The number of esters is 1. The van der Waals surface area contributed by atoms with Crippen molar-refractivity contribution in [3.8, 4) is 16.9 Å². The molecule has 21 heteroatoms. The van der Waals surface area contributed by atoms with Crippen molar-refractivity contribution >= 4 is 61.9 Å². The zero-order valence-electron chi connectivity index (χ0n) is 47.9. The fourth-order valence-corrected chi connectivity index (χ4v) is 9.92. The first kappa shape index (κ1) is 63.2. The molecule has 0 fully saturated rings. The van der Waals surface area contributed by atoms with Crippen molar-refractivity contribution in [2.45, 2.75) is 135 Å². The summed E-state index contributed by atoms with van der Waals surface area (Å²) < 4.78 is 34.9. The second-order valence-electron chi connectivity index (χ2n) is 22.3. The van der Waals surface area contributed by atoms with Gasteiger partial charge in [-0.2, -0.15) is 0 Å². The lowest BCUT2D eigenvalue weighted by molar-refractivity contribution is -0.145. The van der Waals surface area contributed by atoms with Gasteiger partial charge in [-0.25, -0.2) is 19.2 Å². The number of benzene rings is 5. The second kappa shape index (κ2) is 29.2. The first-order valence-corrected chi connectivity index (χ1v) is 30.3. The molecular formula is C61H75ClN6O13Si. The van der Waals surface area contributed by atoms with Crippen LogP contribution in [0.4, 0.5) is 14.4 Å². The van der Waals surface area contributed by atoms with Crippen LogP contribution in [0.3, 0.4) is 0 Å². The fourth-order valence-electron chi connectivity index (χ4n) is 8.36. The zero-order chi connectivity index (χ0) is 59.6. The lowest BCUT2D eigenvalue weighted by Crippen LogP contribution is -2.60. The van der Waals surface area contributed by atoms with Crippen LogP contribution in [0.1, 0.15) is 75.8 Å². The molecule has 0 aliphatic carbocycles. The number of halogens is 1. The van der Waals surface area contributed by atoms with Gasteiger partial charge in [0.1, 0.15) is 55.3 Å². The van der Waals surface area contributed by atoms with E-state index < -0.39 is 92.7 Å². The minimum atomic E-state index is -2.77. The maximum absolute atomic E-state index is 15.4. The van der Waals surface area contributed by atoms with Gasteiger partial charge in [-0.05, 0) is 102 Å². The third-order valence-electron chi connectivity index (χ3n) is 13.7. The maximum Gasteiger partial charge on any atom is 0.408 e. The van der Waals surface area contributed by atoms with Crippen LogP contribution in [-0.4, -0.2) is 106 Å². The SMILES string of the molecule is COC(=O)C(CNC(=O)OC(C)(C)C)NC(=O)[C@@H]1Cc2cc(ccc2Cl)-c2ccc(OCc3ccccc3)c(c2)C[C@H](NC(=O)OCc2ccccc2)C(=O)N[C@@H](C[C@H](CNC(=O)OCc2ccccc2)O[Si](C)(C)C(C)(C)C)C(=O)N1. The molecule has 0 radical (unpaired) electrons. The molecule has 19 nitrogen and oxygen atoms in total. The van der Waals surface area contributed by atoms with Gasteiger partial charge in [0.2, 0.25) is 17.7 Å². The van der Waals surface area contributed by atoms with Crippen LogP contribution in [0.2, 0.25) is 23.2 Å². The van der Waals surface area contributed by atoms with Gasteiger partial charge in [0.05, 0.1) is 19.8 Å². The van der Waals surface area contributed by atoms with Crippen LogP contribution in [0.25, 0.3) is 11.1 Å². The normalized spacial score (nSPS) is 16.4. The predicted octanol–water partition coefficient (Wildman–Crippen LogP) is 8.84. The highest BCUT2D eigenvalue weighted by atomic mass is 35.5. The first-order valence-electron chi connectivity index (χ1n) is 27.0. The minimum Gasteiger partial charge on any atom is -0.489 e. The summed E-state index contributed by atoms with van der Waals surface area (Å²) in [6.45, 7) is 14.3. The molecule has 5 aromatic carbocycles. The number of hydrogen-bond donors (Lipinski definition) is 6. The van der Waals surface area contributed by atoms with Crippen LogP contribution < -0.4 is 36.6 Å². The molecule has 0 spiro atoms. The number of carbonyl (C=O) groups is 7. The minimum absolute atomic E-state index is 0.0319. The van der Waals surface area contributed by atoms with Crippen molar-refractivity contribution in [2.24, 2.45) is 0 Å². The number of amides is 6. The van der Waals surface area contributed by atoms with Crippen molar-refractivity contribution in [2.75, 3.05) is 20.2 Å². The monoisotopic (exact) mass is 1160 g/mol. The number of fused-ring (bicyclic) bond motifs is 5. The third kappa shape index (κ3) is 19.7. The molecule has 6 N–H and O–H groups in total. The molecule has 6 rings (SSSR count). The summed E-state index contributed by atoms with van der Waals surface area (Å²) in [5.74, 6) is -3.16. The molecule has 6 amide bonds. The standard InChI is InChI=1S/C61H75ClN6O13Si/c1-60(2,3)80-58(74)64-35-51(56(72)76-7)67-53(69)48-31-44-29-42(25-27-47(44)62)43-26-28-52(77-36-39-19-13-10-14-20-39)45(30-43)32-49(68-59(75)79-38-41-23-17-12-18-24-41)54(70)66-50(55(71)65-48)33-46(81-82(8,9)61(4,5)6)34-63-57(73)78-37-40-21-15-11-16-22-40/h10-30,46,48-51H,31-38H2,1-9H3,(H,63,73)(H,64,74)(H,65,71)(H,66,70)(H,67,69)(H,68,75)/t46-,48+,49+,50+,51?/m1/s1. The van der Waals surface area contributed by atoms with Gasteiger partial charge >= 0.3 is 24.2 Å². The molecule has 0 saturated heterocycles. The topological polar surface area (TPSA) is 247 Å². The first-order chi connectivity index (χ1) is 38.9. The smallest absolute Gasteiger partial charge is 0.408 e. The van der Waals surface area contributed by atoms with Gasteiger partial charge in [-0.1, -0.05) is 136 Å². The Morgan fingerprint density at radius 1 is 0.659 bits per heavy atom. The van der Waals surface area contributed by atoms with Crippen LogP contribution in [0.5, 0.6) is 5.75 Å². The summed E-state index contributed by atoms with van der Waals surface area (Å²) in [7, 11) is -1.66. The quantitative estimate of drug-likeness (QED) is 0.0257. The number of methoxy groups -OCH3 is 1. The lowest BCUT2D eigenvalue weighted by atomic mass is 9.95. The molecule has 0 aromatic heterocycles. The van der Waals surface area contributed by atoms with Crippen molar-refractivity contribution in [1.82, 2.24) is 31.9 Å². The molecule has 1 heterocycles. The van der Waals surface area contributed by atoms with E-state index in [1.54, 1.807) is 69.3 Å². The Hall–Kier alpha value is -7.94. The van der Waals surface area contributed by atoms with Crippen LogP contribution in [0.15, 0.2) is 127 Å². The van der Waals surface area contributed by atoms with Crippen LogP contribution in [0, 0.1) is 0 Å². The zero-order valence-corrected chi connectivity index (χ0v) is 49.6. The van der Waals surface area contributed by atoms with Crippen molar-refractivity contribution in [3.63, 3.8) is 0 Å². The molecule has 438 valence electrons. The Balaban J connectivity index is 1.45. The van der Waals surface area contributed by atoms with Gasteiger partial charge in [0.15, 0.2) is 8.32 Å². The fraction of sp³-hybridized carbons (Fsp3) is 0.393. The number of carbonyl (C=O) groups excluding carboxylic acids is 7. The average molecular weight is 1160 g/mol. The van der Waals surface area contributed by atoms with Gasteiger partial charge in [-0.15, -0.1) is 0 Å². The summed E-state index contributed by atoms with van der Waals surface area (Å²) in [5.41, 5.74) is 3.58. The lowest BCUT2D eigenvalue weighted by Gasteiger charge is -2.40. The highest BCUT2D eigenvalue weighted by molar-refractivity contribution is 6.74. The second-order valence-corrected chi connectivity index (χ2v) is 27.5. The van der Waals surface area contributed by atoms with Gasteiger partial charge in [-0.3, -0.25) is 14.4 Å². The van der Waals surface area contributed by atoms with Gasteiger partial charge in [0, 0.05) is 30.8 Å². The maximum atomic E-state index is 15.4. The van der Waals surface area contributed by atoms with Gasteiger partial charge < -0.3 is 60.0 Å². The Labute approximate surface area is 485 Å². The van der Waals surface area contributed by atoms with E-state index in [9.17, 15) is 24.0 Å². The number of hydrogen-bond acceptors (Lipinski definition) is 13. The third-order valence-corrected chi connectivity index (χ3v) is 18.6. The Morgan fingerprint density at radius 2 is 1.21 bits per heavy atom. The molecule has 5 atom stereocenters. The number of ether oxygens (including phenoxy) is 5. The number of nitrogens with one attached hydrogen (secondary N) is 6. The Morgan fingerprint density at radius 3 is 1.78 bits per heavy atom. The van der Waals surface area contributed by atoms with Gasteiger partial charge in [0.25, 0.3) is 0 Å². The highest BCUT2D eigenvalue weighted by Gasteiger charge is 2.41. The molecule has 1 aliphatic heterocycles. The van der Waals surface area contributed by atoms with E-state index in [0.717, 1.165) is 18.2 Å². The molecular weight excluding hydrogens is 1090 g/mol. The van der Waals surface area contributed by atoms with E-state index >= 15 is 9.59 Å².